The number of hydrogen-bond acceptors (Lipinski definition) is 4. The lowest BCUT2D eigenvalue weighted by Crippen LogP contribution is -2.48. The van der Waals surface area contributed by atoms with Crippen molar-refractivity contribution in [1.82, 2.24) is 20.0 Å². The second-order valence-electron chi connectivity index (χ2n) is 7.62. The number of ether oxygens (including phenoxy) is 1. The zero-order valence-corrected chi connectivity index (χ0v) is 14.7. The molecule has 1 aromatic heterocycles. The van der Waals surface area contributed by atoms with Gasteiger partial charge in [-0.2, -0.15) is 5.10 Å². The van der Waals surface area contributed by atoms with E-state index in [4.69, 9.17) is 4.74 Å². The van der Waals surface area contributed by atoms with Crippen LogP contribution in [0.1, 0.15) is 37.9 Å². The number of carbonyl (C=O) groups is 2. The zero-order chi connectivity index (χ0) is 17.4. The molecule has 2 amide bonds. The molecule has 1 saturated carbocycles. The number of nitrogens with zero attached hydrogens (tertiary/aromatic N) is 3. The summed E-state index contributed by atoms with van der Waals surface area (Å²) in [6.45, 7) is 5.28. The van der Waals surface area contributed by atoms with Crippen LogP contribution in [-0.4, -0.2) is 52.8 Å². The third-order valence-electron chi connectivity index (χ3n) is 5.74. The van der Waals surface area contributed by atoms with Gasteiger partial charge in [0.05, 0.1) is 18.8 Å². The molecule has 7 nitrogen and oxygen atoms in total. The maximum Gasteiger partial charge on any atom is 0.246 e. The molecule has 1 N–H and O–H groups in total. The summed E-state index contributed by atoms with van der Waals surface area (Å²) in [5.74, 6) is 1.23. The maximum atomic E-state index is 12.8. The first kappa shape index (κ1) is 16.6. The van der Waals surface area contributed by atoms with Crippen LogP contribution in [-0.2, 0) is 20.9 Å². The fourth-order valence-electron chi connectivity index (χ4n) is 3.87. The average Bonchev–Trinajstić information content (AvgIpc) is 3.17. The second kappa shape index (κ2) is 6.78. The van der Waals surface area contributed by atoms with Gasteiger partial charge in [-0.15, -0.1) is 0 Å². The van der Waals surface area contributed by atoms with E-state index in [0.29, 0.717) is 31.5 Å². The molecule has 1 aliphatic carbocycles. The van der Waals surface area contributed by atoms with Crippen LogP contribution in [0.5, 0.6) is 0 Å². The number of nitrogens with one attached hydrogen (secondary N) is 1. The highest BCUT2D eigenvalue weighted by atomic mass is 16.5. The van der Waals surface area contributed by atoms with E-state index in [1.807, 2.05) is 11.0 Å². The highest BCUT2D eigenvalue weighted by Gasteiger charge is 2.44. The molecule has 0 spiro atoms. The van der Waals surface area contributed by atoms with Crippen LogP contribution in [0.4, 0.5) is 0 Å². The van der Waals surface area contributed by atoms with Crippen molar-refractivity contribution in [3.8, 4) is 0 Å². The number of rotatable bonds is 4. The van der Waals surface area contributed by atoms with Crippen LogP contribution < -0.4 is 5.32 Å². The van der Waals surface area contributed by atoms with Crippen LogP contribution in [0.15, 0.2) is 12.3 Å². The van der Waals surface area contributed by atoms with Crippen molar-refractivity contribution in [1.29, 1.82) is 0 Å². The molecule has 0 bridgehead atoms. The minimum atomic E-state index is -0.434. The van der Waals surface area contributed by atoms with E-state index < -0.39 is 6.04 Å². The molecular formula is C18H26N4O3. The van der Waals surface area contributed by atoms with Gasteiger partial charge < -0.3 is 15.0 Å². The highest BCUT2D eigenvalue weighted by Crippen LogP contribution is 2.40. The molecule has 25 heavy (non-hydrogen) atoms. The molecule has 7 heteroatoms. The molecule has 3 heterocycles. The lowest BCUT2D eigenvalue weighted by Gasteiger charge is -2.33. The largest absolute Gasteiger partial charge is 0.381 e. The summed E-state index contributed by atoms with van der Waals surface area (Å²) in [5, 5.41) is 7.39. The van der Waals surface area contributed by atoms with Crippen LogP contribution in [0.25, 0.3) is 0 Å². The molecule has 0 aromatic carbocycles. The van der Waals surface area contributed by atoms with Gasteiger partial charge >= 0.3 is 0 Å². The molecule has 2 fully saturated rings. The summed E-state index contributed by atoms with van der Waals surface area (Å²) in [7, 11) is 0. The molecule has 4 rings (SSSR count). The fraction of sp³-hybridized carbons (Fsp3) is 0.722. The Kier molecular flexibility index (Phi) is 4.50. The number of amides is 2. The van der Waals surface area contributed by atoms with E-state index in [1.54, 1.807) is 10.9 Å². The van der Waals surface area contributed by atoms with Gasteiger partial charge in [0.2, 0.25) is 11.8 Å². The SMILES string of the molecule is C[C@@H]1C[C@H]1C(=O)N1Cc2ccnn2[C@@H](C(=O)NCC2CCOCC2)C1. The van der Waals surface area contributed by atoms with Gasteiger partial charge in [0.1, 0.15) is 6.04 Å². The standard InChI is InChI=1S/C18H26N4O3/c1-12-8-15(12)18(24)21-10-14-2-5-20-22(14)16(11-21)17(23)19-9-13-3-6-25-7-4-13/h2,5,12-13,15-16H,3-4,6-11H2,1H3,(H,19,23)/t12-,15-,16-/m1/s1. The quantitative estimate of drug-likeness (QED) is 0.881. The summed E-state index contributed by atoms with van der Waals surface area (Å²) < 4.78 is 7.14. The molecular weight excluding hydrogens is 320 g/mol. The molecule has 0 radical (unpaired) electrons. The Morgan fingerprint density at radius 1 is 1.36 bits per heavy atom. The summed E-state index contributed by atoms with van der Waals surface area (Å²) >= 11 is 0. The molecule has 0 unspecified atom stereocenters. The molecule has 3 aliphatic rings. The Morgan fingerprint density at radius 2 is 2.12 bits per heavy atom. The molecule has 1 saturated heterocycles. The van der Waals surface area contributed by atoms with Crippen LogP contribution in [0.2, 0.25) is 0 Å². The Bertz CT molecular complexity index is 653. The van der Waals surface area contributed by atoms with Gasteiger partial charge in [0.25, 0.3) is 0 Å². The van der Waals surface area contributed by atoms with E-state index in [-0.39, 0.29) is 17.7 Å². The number of carbonyl (C=O) groups excluding carboxylic acids is 2. The molecule has 1 aromatic rings. The lowest BCUT2D eigenvalue weighted by molar-refractivity contribution is -0.137. The minimum absolute atomic E-state index is 0.0437. The fourth-order valence-corrected chi connectivity index (χ4v) is 3.87. The van der Waals surface area contributed by atoms with Crippen molar-refractivity contribution < 1.29 is 14.3 Å². The van der Waals surface area contributed by atoms with Gasteiger partial charge in [-0.1, -0.05) is 6.92 Å². The van der Waals surface area contributed by atoms with Crippen molar-refractivity contribution >= 4 is 11.8 Å². The van der Waals surface area contributed by atoms with Crippen molar-refractivity contribution in [2.75, 3.05) is 26.3 Å². The van der Waals surface area contributed by atoms with Crippen LogP contribution in [0.3, 0.4) is 0 Å². The highest BCUT2D eigenvalue weighted by molar-refractivity contribution is 5.84. The third kappa shape index (κ3) is 3.42. The topological polar surface area (TPSA) is 76.5 Å². The van der Waals surface area contributed by atoms with E-state index >= 15 is 0 Å². The molecule has 136 valence electrons. The lowest BCUT2D eigenvalue weighted by atomic mass is 10.0. The Morgan fingerprint density at radius 3 is 2.84 bits per heavy atom. The monoisotopic (exact) mass is 346 g/mol. The average molecular weight is 346 g/mol. The first-order valence-corrected chi connectivity index (χ1v) is 9.30. The summed E-state index contributed by atoms with van der Waals surface area (Å²) in [5.41, 5.74) is 0.930. The van der Waals surface area contributed by atoms with Crippen LogP contribution in [0, 0.1) is 17.8 Å². The Hall–Kier alpha value is -1.89. The number of aromatic nitrogens is 2. The Labute approximate surface area is 147 Å². The van der Waals surface area contributed by atoms with Crippen LogP contribution >= 0.6 is 0 Å². The van der Waals surface area contributed by atoms with Crippen molar-refractivity contribution in [3.05, 3.63) is 18.0 Å². The summed E-state index contributed by atoms with van der Waals surface area (Å²) in [6, 6.07) is 1.46. The molecule has 2 aliphatic heterocycles. The van der Waals surface area contributed by atoms with E-state index in [2.05, 4.69) is 17.3 Å². The predicted molar refractivity (Wildman–Crippen MR) is 90.5 cm³/mol. The summed E-state index contributed by atoms with van der Waals surface area (Å²) in [4.78, 5) is 27.2. The summed E-state index contributed by atoms with van der Waals surface area (Å²) in [6.07, 6.45) is 4.65. The van der Waals surface area contributed by atoms with Gasteiger partial charge in [0, 0.05) is 31.9 Å². The van der Waals surface area contributed by atoms with Crippen molar-refractivity contribution in [2.45, 2.75) is 38.8 Å². The number of hydrogen-bond donors (Lipinski definition) is 1. The number of fused-ring (bicyclic) bond motifs is 1. The van der Waals surface area contributed by atoms with Gasteiger partial charge in [0.15, 0.2) is 0 Å². The van der Waals surface area contributed by atoms with Gasteiger partial charge in [-0.05, 0) is 37.2 Å². The van der Waals surface area contributed by atoms with Crippen molar-refractivity contribution in [2.24, 2.45) is 17.8 Å². The maximum absolute atomic E-state index is 12.8. The van der Waals surface area contributed by atoms with Gasteiger partial charge in [-0.25, -0.2) is 0 Å². The molecule has 3 atom stereocenters. The zero-order valence-electron chi connectivity index (χ0n) is 14.7. The Balaban J connectivity index is 1.42. The smallest absolute Gasteiger partial charge is 0.246 e. The van der Waals surface area contributed by atoms with E-state index in [9.17, 15) is 9.59 Å². The minimum Gasteiger partial charge on any atom is -0.381 e. The normalized spacial score (nSPS) is 29.2. The van der Waals surface area contributed by atoms with Crippen molar-refractivity contribution in [3.63, 3.8) is 0 Å². The second-order valence-corrected chi connectivity index (χ2v) is 7.62. The predicted octanol–water partition coefficient (Wildman–Crippen LogP) is 0.965. The van der Waals surface area contributed by atoms with Gasteiger partial charge in [-0.3, -0.25) is 14.3 Å². The first-order valence-electron chi connectivity index (χ1n) is 9.30. The van der Waals surface area contributed by atoms with E-state index in [1.165, 1.54) is 0 Å². The third-order valence-corrected chi connectivity index (χ3v) is 5.74. The first-order chi connectivity index (χ1) is 12.1. The van der Waals surface area contributed by atoms with E-state index in [0.717, 1.165) is 38.2 Å².